The number of methoxy groups -OCH3 is 2. The van der Waals surface area contributed by atoms with Gasteiger partial charge in [-0.1, -0.05) is 0 Å². The van der Waals surface area contributed by atoms with E-state index in [4.69, 9.17) is 14.2 Å². The summed E-state index contributed by atoms with van der Waals surface area (Å²) >= 11 is 0. The minimum absolute atomic E-state index is 0.0138. The lowest BCUT2D eigenvalue weighted by atomic mass is 9.92. The molecule has 0 aliphatic carbocycles. The van der Waals surface area contributed by atoms with Crippen LogP contribution in [-0.2, 0) is 14.2 Å². The van der Waals surface area contributed by atoms with Gasteiger partial charge in [-0.2, -0.15) is 0 Å². The predicted octanol–water partition coefficient (Wildman–Crippen LogP) is -0.452. The molecule has 2 bridgehead atoms. The zero-order valence-electron chi connectivity index (χ0n) is 7.27. The van der Waals surface area contributed by atoms with Crippen LogP contribution in [0.15, 0.2) is 0 Å². The lowest BCUT2D eigenvalue weighted by molar-refractivity contribution is -0.0600. The molecule has 2 aliphatic heterocycles. The molecule has 12 heavy (non-hydrogen) atoms. The van der Waals surface area contributed by atoms with Crippen LogP contribution in [0, 0.1) is 0 Å². The van der Waals surface area contributed by atoms with E-state index in [1.54, 1.807) is 14.2 Å². The Hall–Kier alpha value is -0.160. The summed E-state index contributed by atoms with van der Waals surface area (Å²) in [5.41, 5.74) is 0. The Bertz CT molecular complexity index is 168. The molecule has 4 heteroatoms. The van der Waals surface area contributed by atoms with E-state index in [1.165, 1.54) is 0 Å². The van der Waals surface area contributed by atoms with Gasteiger partial charge in [-0.25, -0.2) is 0 Å². The molecule has 0 amide bonds. The second-order valence-corrected chi connectivity index (χ2v) is 3.34. The Kier molecular flexibility index (Phi) is 2.08. The van der Waals surface area contributed by atoms with Gasteiger partial charge >= 0.3 is 0 Å². The van der Waals surface area contributed by atoms with E-state index >= 15 is 0 Å². The Balaban J connectivity index is 2.07. The van der Waals surface area contributed by atoms with Crippen molar-refractivity contribution in [2.75, 3.05) is 14.2 Å². The van der Waals surface area contributed by atoms with Crippen molar-refractivity contribution in [3.63, 3.8) is 0 Å². The summed E-state index contributed by atoms with van der Waals surface area (Å²) in [6.45, 7) is 0. The molecule has 0 aromatic heterocycles. The van der Waals surface area contributed by atoms with E-state index in [2.05, 4.69) is 0 Å². The van der Waals surface area contributed by atoms with E-state index in [9.17, 15) is 5.11 Å². The minimum Gasteiger partial charge on any atom is -0.387 e. The van der Waals surface area contributed by atoms with Crippen LogP contribution in [0.5, 0.6) is 0 Å². The van der Waals surface area contributed by atoms with Gasteiger partial charge < -0.3 is 19.3 Å². The standard InChI is InChI=1S/C8H14O4/c1-10-4-3-5-7(11-2)6(9)8(4)12-5/h4-9H,3H2,1-2H3. The zero-order valence-corrected chi connectivity index (χ0v) is 7.27. The molecule has 0 radical (unpaired) electrons. The molecule has 5 unspecified atom stereocenters. The molecule has 4 nitrogen and oxygen atoms in total. The van der Waals surface area contributed by atoms with Crippen LogP contribution >= 0.6 is 0 Å². The normalized spacial score (nSPS) is 51.8. The maximum absolute atomic E-state index is 9.65. The zero-order chi connectivity index (χ0) is 8.72. The van der Waals surface area contributed by atoms with Crippen molar-refractivity contribution in [3.8, 4) is 0 Å². The number of fused-ring (bicyclic) bond motifs is 2. The number of rotatable bonds is 2. The molecule has 2 rings (SSSR count). The van der Waals surface area contributed by atoms with Gasteiger partial charge in [0.2, 0.25) is 0 Å². The van der Waals surface area contributed by atoms with Crippen molar-refractivity contribution >= 4 is 0 Å². The average molecular weight is 174 g/mol. The number of hydrogen-bond acceptors (Lipinski definition) is 4. The molecule has 5 atom stereocenters. The SMILES string of the molecule is COC1CC2OC1C(O)C2OC. The first-order chi connectivity index (χ1) is 5.77. The lowest BCUT2D eigenvalue weighted by Gasteiger charge is -2.27. The summed E-state index contributed by atoms with van der Waals surface area (Å²) in [5.74, 6) is 0. The first-order valence-corrected chi connectivity index (χ1v) is 4.17. The van der Waals surface area contributed by atoms with E-state index < -0.39 is 6.10 Å². The smallest absolute Gasteiger partial charge is 0.113 e. The summed E-state index contributed by atoms with van der Waals surface area (Å²) in [6, 6.07) is 0. The highest BCUT2D eigenvalue weighted by Crippen LogP contribution is 2.37. The fraction of sp³-hybridized carbons (Fsp3) is 1.00. The number of aliphatic hydroxyl groups is 1. The van der Waals surface area contributed by atoms with Crippen molar-refractivity contribution in [2.45, 2.75) is 36.9 Å². The third kappa shape index (κ3) is 0.992. The quantitative estimate of drug-likeness (QED) is 0.616. The Morgan fingerprint density at radius 1 is 1.33 bits per heavy atom. The van der Waals surface area contributed by atoms with Gasteiger partial charge in [0.1, 0.15) is 18.3 Å². The molecular weight excluding hydrogens is 160 g/mol. The van der Waals surface area contributed by atoms with Crippen LogP contribution in [0.3, 0.4) is 0 Å². The highest BCUT2D eigenvalue weighted by Gasteiger charge is 2.54. The van der Waals surface area contributed by atoms with Gasteiger partial charge in [0.05, 0.1) is 12.2 Å². The summed E-state index contributed by atoms with van der Waals surface area (Å²) in [5, 5.41) is 9.65. The van der Waals surface area contributed by atoms with Gasteiger partial charge in [0, 0.05) is 20.6 Å². The highest BCUT2D eigenvalue weighted by molar-refractivity contribution is 5.03. The summed E-state index contributed by atoms with van der Waals surface area (Å²) in [7, 11) is 3.24. The molecule has 0 aromatic carbocycles. The second-order valence-electron chi connectivity index (χ2n) is 3.34. The third-order valence-corrected chi connectivity index (χ3v) is 2.78. The van der Waals surface area contributed by atoms with Gasteiger partial charge in [-0.05, 0) is 0 Å². The van der Waals surface area contributed by atoms with Crippen LogP contribution in [0.1, 0.15) is 6.42 Å². The molecular formula is C8H14O4. The molecule has 2 fully saturated rings. The third-order valence-electron chi connectivity index (χ3n) is 2.78. The van der Waals surface area contributed by atoms with Crippen molar-refractivity contribution in [3.05, 3.63) is 0 Å². The molecule has 2 heterocycles. The predicted molar refractivity (Wildman–Crippen MR) is 40.9 cm³/mol. The minimum atomic E-state index is -0.529. The first-order valence-electron chi connectivity index (χ1n) is 4.17. The van der Waals surface area contributed by atoms with Gasteiger partial charge in [0.25, 0.3) is 0 Å². The highest BCUT2D eigenvalue weighted by atomic mass is 16.6. The maximum atomic E-state index is 9.65. The largest absolute Gasteiger partial charge is 0.387 e. The van der Waals surface area contributed by atoms with Crippen LogP contribution in [-0.4, -0.2) is 49.8 Å². The summed E-state index contributed by atoms with van der Waals surface area (Å²) in [4.78, 5) is 0. The molecule has 1 N–H and O–H groups in total. The molecule has 0 aromatic rings. The van der Waals surface area contributed by atoms with Gasteiger partial charge in [0.15, 0.2) is 0 Å². The van der Waals surface area contributed by atoms with Gasteiger partial charge in [-0.3, -0.25) is 0 Å². The second kappa shape index (κ2) is 2.96. The van der Waals surface area contributed by atoms with Crippen LogP contribution < -0.4 is 0 Å². The molecule has 2 aliphatic rings. The number of hydrogen-bond donors (Lipinski definition) is 1. The van der Waals surface area contributed by atoms with Crippen molar-refractivity contribution in [1.29, 1.82) is 0 Å². The van der Waals surface area contributed by atoms with Crippen LogP contribution in [0.2, 0.25) is 0 Å². The Morgan fingerprint density at radius 2 is 2.08 bits per heavy atom. The summed E-state index contributed by atoms with van der Waals surface area (Å²) < 4.78 is 15.8. The van der Waals surface area contributed by atoms with Crippen LogP contribution in [0.25, 0.3) is 0 Å². The van der Waals surface area contributed by atoms with Crippen molar-refractivity contribution < 1.29 is 19.3 Å². The first kappa shape index (κ1) is 8.44. The van der Waals surface area contributed by atoms with Crippen molar-refractivity contribution in [2.24, 2.45) is 0 Å². The van der Waals surface area contributed by atoms with Crippen molar-refractivity contribution in [1.82, 2.24) is 0 Å². The van der Waals surface area contributed by atoms with Crippen LogP contribution in [0.4, 0.5) is 0 Å². The van der Waals surface area contributed by atoms with E-state index in [0.717, 1.165) is 6.42 Å². The average Bonchev–Trinajstić information content (AvgIpc) is 2.60. The van der Waals surface area contributed by atoms with E-state index in [-0.39, 0.29) is 24.4 Å². The Morgan fingerprint density at radius 3 is 2.58 bits per heavy atom. The summed E-state index contributed by atoms with van der Waals surface area (Å²) in [6.07, 6.45) is -0.00194. The van der Waals surface area contributed by atoms with E-state index in [0.29, 0.717) is 0 Å². The van der Waals surface area contributed by atoms with E-state index in [1.807, 2.05) is 0 Å². The Labute approximate surface area is 71.4 Å². The molecule has 0 spiro atoms. The van der Waals surface area contributed by atoms with Gasteiger partial charge in [-0.15, -0.1) is 0 Å². The monoisotopic (exact) mass is 174 g/mol. The fourth-order valence-corrected chi connectivity index (χ4v) is 2.15. The molecule has 2 saturated heterocycles. The number of aliphatic hydroxyl groups excluding tert-OH is 1. The lowest BCUT2D eigenvalue weighted by Crippen LogP contribution is -2.45. The molecule has 70 valence electrons. The number of ether oxygens (including phenoxy) is 3. The molecule has 0 saturated carbocycles. The topological polar surface area (TPSA) is 47.9 Å². The maximum Gasteiger partial charge on any atom is 0.113 e. The fourth-order valence-electron chi connectivity index (χ4n) is 2.15.